The smallest absolute Gasteiger partial charge is 0.263 e. The monoisotopic (exact) mass is 477 g/mol. The first kappa shape index (κ1) is 23.8. The van der Waals surface area contributed by atoms with Gasteiger partial charge in [0.2, 0.25) is 5.91 Å². The number of fused-ring (bicyclic) bond motifs is 1. The molecule has 4 rings (SSSR count). The number of piperidine rings is 1. The quantitative estimate of drug-likeness (QED) is 0.424. The van der Waals surface area contributed by atoms with Crippen LogP contribution in [-0.4, -0.2) is 50.9 Å². The molecule has 0 N–H and O–H groups in total. The summed E-state index contributed by atoms with van der Waals surface area (Å²) in [6.45, 7) is 10.4. The van der Waals surface area contributed by atoms with Crippen LogP contribution in [0, 0.1) is 6.92 Å². The lowest BCUT2D eigenvalue weighted by Gasteiger charge is -2.36. The molecule has 4 heterocycles. The van der Waals surface area contributed by atoms with Crippen LogP contribution in [0.25, 0.3) is 10.2 Å². The Morgan fingerprint density at radius 1 is 1.28 bits per heavy atom. The van der Waals surface area contributed by atoms with E-state index in [-0.39, 0.29) is 22.8 Å². The number of thiophene rings is 1. The van der Waals surface area contributed by atoms with E-state index < -0.39 is 0 Å². The molecule has 2 aromatic rings. The number of thioether (sulfide) groups is 1. The molecule has 2 aromatic heterocycles. The lowest BCUT2D eigenvalue weighted by Crippen LogP contribution is -2.46. The molecule has 2 fully saturated rings. The number of rotatable bonds is 7. The highest BCUT2D eigenvalue weighted by molar-refractivity contribution is 8.00. The fraction of sp³-hybridized carbons (Fsp3) is 0.708. The Morgan fingerprint density at radius 2 is 2.09 bits per heavy atom. The first-order valence-corrected chi connectivity index (χ1v) is 13.8. The molecule has 2 aliphatic heterocycles. The summed E-state index contributed by atoms with van der Waals surface area (Å²) in [4.78, 5) is 35.9. The summed E-state index contributed by atoms with van der Waals surface area (Å²) >= 11 is 3.02. The van der Waals surface area contributed by atoms with Crippen molar-refractivity contribution in [2.75, 3.05) is 13.2 Å². The molecule has 176 valence electrons. The minimum Gasteiger partial charge on any atom is -0.376 e. The van der Waals surface area contributed by atoms with Gasteiger partial charge in [0.15, 0.2) is 5.16 Å². The van der Waals surface area contributed by atoms with E-state index in [1.807, 2.05) is 6.92 Å². The zero-order valence-corrected chi connectivity index (χ0v) is 21.3. The number of carbonyl (C=O) groups is 1. The molecule has 3 atom stereocenters. The Bertz CT molecular complexity index is 1030. The second-order valence-electron chi connectivity index (χ2n) is 8.97. The maximum absolute atomic E-state index is 13.6. The van der Waals surface area contributed by atoms with E-state index in [1.165, 1.54) is 18.2 Å². The standard InChI is InChI=1S/C24H35N3O3S2/c1-5-17-10-7-8-12-26(17)22(28)16(4)32-24-25-21-20(19(6-2)15(3)31-21)23(29)27(24)14-18-11-9-13-30-18/h16-18H,5-14H2,1-4H3. The van der Waals surface area contributed by atoms with E-state index in [2.05, 4.69) is 25.7 Å². The summed E-state index contributed by atoms with van der Waals surface area (Å²) in [5.41, 5.74) is 1.11. The summed E-state index contributed by atoms with van der Waals surface area (Å²) in [5, 5.41) is 1.11. The summed E-state index contributed by atoms with van der Waals surface area (Å²) < 4.78 is 7.63. The van der Waals surface area contributed by atoms with Gasteiger partial charge in [0.25, 0.3) is 5.56 Å². The van der Waals surface area contributed by atoms with Gasteiger partial charge in [0, 0.05) is 24.1 Å². The number of carbonyl (C=O) groups excluding carboxylic acids is 1. The molecule has 0 aromatic carbocycles. The molecule has 6 nitrogen and oxygen atoms in total. The van der Waals surface area contributed by atoms with E-state index in [0.717, 1.165) is 72.3 Å². The molecule has 0 bridgehead atoms. The zero-order chi connectivity index (χ0) is 22.8. The molecule has 0 spiro atoms. The predicted molar refractivity (Wildman–Crippen MR) is 132 cm³/mol. The number of aryl methyl sites for hydroxylation is 2. The van der Waals surface area contributed by atoms with Gasteiger partial charge in [-0.25, -0.2) is 4.98 Å². The van der Waals surface area contributed by atoms with Gasteiger partial charge in [0.05, 0.1) is 23.3 Å². The van der Waals surface area contributed by atoms with Crippen LogP contribution in [-0.2, 0) is 22.5 Å². The lowest BCUT2D eigenvalue weighted by atomic mass is 10.00. The van der Waals surface area contributed by atoms with Crippen LogP contribution in [0.15, 0.2) is 9.95 Å². The second kappa shape index (κ2) is 10.3. The molecule has 2 saturated heterocycles. The maximum atomic E-state index is 13.6. The van der Waals surface area contributed by atoms with Crippen LogP contribution in [0.5, 0.6) is 0 Å². The number of likely N-dealkylation sites (tertiary alicyclic amines) is 1. The lowest BCUT2D eigenvalue weighted by molar-refractivity contribution is -0.134. The highest BCUT2D eigenvalue weighted by Crippen LogP contribution is 2.32. The third kappa shape index (κ3) is 4.64. The average Bonchev–Trinajstić information content (AvgIpc) is 3.42. The number of hydrogen-bond acceptors (Lipinski definition) is 6. The topological polar surface area (TPSA) is 64.4 Å². The van der Waals surface area contributed by atoms with Gasteiger partial charge in [0.1, 0.15) is 4.83 Å². The van der Waals surface area contributed by atoms with E-state index in [1.54, 1.807) is 15.9 Å². The van der Waals surface area contributed by atoms with Crippen LogP contribution in [0.3, 0.4) is 0 Å². The number of amides is 1. The van der Waals surface area contributed by atoms with Crippen molar-refractivity contribution < 1.29 is 9.53 Å². The van der Waals surface area contributed by atoms with Crippen molar-refractivity contribution in [3.05, 3.63) is 20.8 Å². The van der Waals surface area contributed by atoms with Crippen LogP contribution in [0.2, 0.25) is 0 Å². The molecular formula is C24H35N3O3S2. The van der Waals surface area contributed by atoms with Crippen LogP contribution in [0.1, 0.15) is 69.7 Å². The number of nitrogens with zero attached hydrogens (tertiary/aromatic N) is 3. The van der Waals surface area contributed by atoms with E-state index in [9.17, 15) is 9.59 Å². The van der Waals surface area contributed by atoms with Gasteiger partial charge in [-0.15, -0.1) is 11.3 Å². The van der Waals surface area contributed by atoms with Crippen molar-refractivity contribution in [2.45, 2.75) is 102 Å². The highest BCUT2D eigenvalue weighted by Gasteiger charge is 2.31. The van der Waals surface area contributed by atoms with Gasteiger partial charge in [-0.1, -0.05) is 25.6 Å². The van der Waals surface area contributed by atoms with Gasteiger partial charge >= 0.3 is 0 Å². The highest BCUT2D eigenvalue weighted by atomic mass is 32.2. The fourth-order valence-corrected chi connectivity index (χ4v) is 7.20. The molecule has 0 saturated carbocycles. The number of ether oxygens (including phenoxy) is 1. The van der Waals surface area contributed by atoms with E-state index in [0.29, 0.717) is 17.7 Å². The molecule has 0 aliphatic carbocycles. The Kier molecular flexibility index (Phi) is 7.62. The summed E-state index contributed by atoms with van der Waals surface area (Å²) in [5.74, 6) is 0.163. The van der Waals surface area contributed by atoms with Crippen molar-refractivity contribution >= 4 is 39.2 Å². The zero-order valence-electron chi connectivity index (χ0n) is 19.7. The third-order valence-corrected chi connectivity index (χ3v) is 8.97. The van der Waals surface area contributed by atoms with E-state index in [4.69, 9.17) is 9.72 Å². The molecule has 8 heteroatoms. The van der Waals surface area contributed by atoms with Crippen molar-refractivity contribution in [1.82, 2.24) is 14.5 Å². The molecule has 2 aliphatic rings. The normalized spacial score (nSPS) is 22.6. The first-order chi connectivity index (χ1) is 15.4. The minimum atomic E-state index is -0.283. The third-order valence-electron chi connectivity index (χ3n) is 6.85. The average molecular weight is 478 g/mol. The van der Waals surface area contributed by atoms with Crippen molar-refractivity contribution in [3.63, 3.8) is 0 Å². The van der Waals surface area contributed by atoms with Crippen LogP contribution >= 0.6 is 23.1 Å². The Balaban J connectivity index is 1.68. The predicted octanol–water partition coefficient (Wildman–Crippen LogP) is 4.78. The fourth-order valence-electron chi connectivity index (χ4n) is 5.06. The van der Waals surface area contributed by atoms with Crippen molar-refractivity contribution in [3.8, 4) is 0 Å². The SMILES string of the molecule is CCc1c(C)sc2nc(SC(C)C(=O)N3CCCCC3CC)n(CC3CCCO3)c(=O)c12. The molecule has 32 heavy (non-hydrogen) atoms. The van der Waals surface area contributed by atoms with Gasteiger partial charge < -0.3 is 9.64 Å². The van der Waals surface area contributed by atoms with Gasteiger partial charge in [-0.05, 0) is 64.4 Å². The molecular weight excluding hydrogens is 442 g/mol. The van der Waals surface area contributed by atoms with Crippen molar-refractivity contribution in [2.24, 2.45) is 0 Å². The van der Waals surface area contributed by atoms with Gasteiger partial charge in [-0.3, -0.25) is 14.2 Å². The van der Waals surface area contributed by atoms with E-state index >= 15 is 0 Å². The Morgan fingerprint density at radius 3 is 2.78 bits per heavy atom. The van der Waals surface area contributed by atoms with Crippen molar-refractivity contribution in [1.29, 1.82) is 0 Å². The maximum Gasteiger partial charge on any atom is 0.263 e. The largest absolute Gasteiger partial charge is 0.376 e. The van der Waals surface area contributed by atoms with Gasteiger partial charge in [-0.2, -0.15) is 0 Å². The number of aromatic nitrogens is 2. The van der Waals surface area contributed by atoms with Crippen LogP contribution in [0.4, 0.5) is 0 Å². The summed E-state index contributed by atoms with van der Waals surface area (Å²) in [6, 6.07) is 0.330. The molecule has 3 unspecified atom stereocenters. The summed E-state index contributed by atoms with van der Waals surface area (Å²) in [7, 11) is 0. The Hall–Kier alpha value is -1.38. The second-order valence-corrected chi connectivity index (χ2v) is 11.5. The molecule has 1 amide bonds. The molecule has 0 radical (unpaired) electrons. The summed E-state index contributed by atoms with van der Waals surface area (Å²) in [6.07, 6.45) is 7.18. The minimum absolute atomic E-state index is 0.0123. The Labute approximate surface area is 198 Å². The van der Waals surface area contributed by atoms with Crippen LogP contribution < -0.4 is 5.56 Å². The first-order valence-electron chi connectivity index (χ1n) is 12.1. The number of hydrogen-bond donors (Lipinski definition) is 0.